The zero-order chi connectivity index (χ0) is 15.4. The molecule has 0 unspecified atom stereocenters. The number of nitrogens with zero attached hydrogens (tertiary/aromatic N) is 1. The normalized spacial score (nSPS) is 17.6. The largest absolute Gasteiger partial charge is 0.493 e. The van der Waals surface area contributed by atoms with Gasteiger partial charge in [-0.2, -0.15) is 5.10 Å². The van der Waals surface area contributed by atoms with Crippen LogP contribution in [0.5, 0.6) is 5.75 Å². The van der Waals surface area contributed by atoms with E-state index in [1.54, 1.807) is 0 Å². The summed E-state index contributed by atoms with van der Waals surface area (Å²) in [6, 6.07) is 6.91. The van der Waals surface area contributed by atoms with E-state index in [1.807, 2.05) is 6.20 Å². The van der Waals surface area contributed by atoms with Gasteiger partial charge in [0.2, 0.25) is 0 Å². The lowest BCUT2D eigenvalue weighted by Gasteiger charge is -2.19. The summed E-state index contributed by atoms with van der Waals surface area (Å²) in [5.74, 6) is 1.05. The maximum Gasteiger partial charge on any atom is 0.124 e. The molecule has 0 amide bonds. The number of hydrogen-bond donors (Lipinski definition) is 2. The summed E-state index contributed by atoms with van der Waals surface area (Å²) in [7, 11) is 0. The van der Waals surface area contributed by atoms with Crippen molar-refractivity contribution in [3.63, 3.8) is 0 Å². The van der Waals surface area contributed by atoms with Crippen molar-refractivity contribution in [3.05, 3.63) is 46.8 Å². The van der Waals surface area contributed by atoms with Crippen molar-refractivity contribution < 1.29 is 4.74 Å². The SMILES string of the molecule is Cc1ccc2c(c1)[C@H](NCCCc1cn[nH]c1C)CCCO2. The summed E-state index contributed by atoms with van der Waals surface area (Å²) in [6.07, 6.45) is 6.37. The van der Waals surface area contributed by atoms with E-state index in [4.69, 9.17) is 4.74 Å². The molecule has 3 rings (SSSR count). The summed E-state index contributed by atoms with van der Waals surface area (Å²) in [4.78, 5) is 0. The Kier molecular flexibility index (Phi) is 4.78. The van der Waals surface area contributed by atoms with Crippen LogP contribution in [0.1, 0.15) is 47.7 Å². The van der Waals surface area contributed by atoms with Crippen molar-refractivity contribution in [2.45, 2.75) is 45.6 Å². The van der Waals surface area contributed by atoms with Crippen LogP contribution in [0.15, 0.2) is 24.4 Å². The standard InChI is InChI=1S/C18H25N3O/c1-13-7-8-18-16(11-13)17(6-4-10-22-18)19-9-3-5-15-12-20-21-14(15)2/h7-8,11-12,17,19H,3-6,9-10H2,1-2H3,(H,20,21)/t17-/m1/s1. The lowest BCUT2D eigenvalue weighted by Crippen LogP contribution is -2.22. The molecule has 1 aromatic heterocycles. The third-order valence-electron chi connectivity index (χ3n) is 4.38. The highest BCUT2D eigenvalue weighted by molar-refractivity contribution is 5.39. The topological polar surface area (TPSA) is 49.9 Å². The molecule has 0 fully saturated rings. The first-order chi connectivity index (χ1) is 10.7. The van der Waals surface area contributed by atoms with Crippen molar-refractivity contribution >= 4 is 0 Å². The maximum atomic E-state index is 5.86. The molecule has 1 aliphatic heterocycles. The van der Waals surface area contributed by atoms with Crippen LogP contribution >= 0.6 is 0 Å². The Hall–Kier alpha value is -1.81. The molecule has 2 N–H and O–H groups in total. The Balaban J connectivity index is 1.58. The second kappa shape index (κ2) is 6.97. The zero-order valence-electron chi connectivity index (χ0n) is 13.5. The summed E-state index contributed by atoms with van der Waals surface area (Å²) in [5, 5.41) is 10.8. The maximum absolute atomic E-state index is 5.86. The van der Waals surface area contributed by atoms with Gasteiger partial charge in [0, 0.05) is 17.3 Å². The van der Waals surface area contributed by atoms with Crippen LogP contribution < -0.4 is 10.1 Å². The molecule has 0 saturated heterocycles. The van der Waals surface area contributed by atoms with Gasteiger partial charge in [0.25, 0.3) is 0 Å². The van der Waals surface area contributed by atoms with Gasteiger partial charge in [-0.1, -0.05) is 17.7 Å². The van der Waals surface area contributed by atoms with E-state index in [-0.39, 0.29) is 0 Å². The average Bonchev–Trinajstić information content (AvgIpc) is 2.81. The van der Waals surface area contributed by atoms with Gasteiger partial charge >= 0.3 is 0 Å². The van der Waals surface area contributed by atoms with Crippen LogP contribution in [-0.2, 0) is 6.42 Å². The molecule has 0 radical (unpaired) electrons. The summed E-state index contributed by atoms with van der Waals surface area (Å²) in [5.41, 5.74) is 5.12. The molecule has 0 spiro atoms. The second-order valence-electron chi connectivity index (χ2n) is 6.16. The smallest absolute Gasteiger partial charge is 0.124 e. The predicted octanol–water partition coefficient (Wildman–Crippen LogP) is 3.46. The Morgan fingerprint density at radius 3 is 3.09 bits per heavy atom. The molecule has 0 saturated carbocycles. The van der Waals surface area contributed by atoms with Crippen LogP contribution in [0.4, 0.5) is 0 Å². The van der Waals surface area contributed by atoms with E-state index in [2.05, 4.69) is 47.6 Å². The molecule has 4 nitrogen and oxygen atoms in total. The number of H-pyrrole nitrogens is 1. The minimum absolute atomic E-state index is 0.405. The quantitative estimate of drug-likeness (QED) is 0.831. The first kappa shape index (κ1) is 15.1. The van der Waals surface area contributed by atoms with E-state index in [9.17, 15) is 0 Å². The van der Waals surface area contributed by atoms with Crippen LogP contribution in [0, 0.1) is 13.8 Å². The number of aryl methyl sites for hydroxylation is 3. The molecule has 0 aliphatic carbocycles. The van der Waals surface area contributed by atoms with Gasteiger partial charge in [0.15, 0.2) is 0 Å². The van der Waals surface area contributed by atoms with Crippen LogP contribution in [0.2, 0.25) is 0 Å². The first-order valence-electron chi connectivity index (χ1n) is 8.19. The Bertz CT molecular complexity index is 621. The third kappa shape index (κ3) is 3.50. The highest BCUT2D eigenvalue weighted by Gasteiger charge is 2.19. The zero-order valence-corrected chi connectivity index (χ0v) is 13.5. The first-order valence-corrected chi connectivity index (χ1v) is 8.19. The summed E-state index contributed by atoms with van der Waals surface area (Å²) >= 11 is 0. The third-order valence-corrected chi connectivity index (χ3v) is 4.38. The lowest BCUT2D eigenvalue weighted by molar-refractivity contribution is 0.315. The molecular weight excluding hydrogens is 274 g/mol. The molecule has 22 heavy (non-hydrogen) atoms. The second-order valence-corrected chi connectivity index (χ2v) is 6.16. The molecule has 1 aromatic carbocycles. The van der Waals surface area contributed by atoms with Crippen molar-refractivity contribution in [2.75, 3.05) is 13.2 Å². The molecular formula is C18H25N3O. The van der Waals surface area contributed by atoms with Crippen molar-refractivity contribution in [3.8, 4) is 5.75 Å². The van der Waals surface area contributed by atoms with E-state index in [0.29, 0.717) is 6.04 Å². The minimum atomic E-state index is 0.405. The minimum Gasteiger partial charge on any atom is -0.493 e. The van der Waals surface area contributed by atoms with Crippen LogP contribution in [-0.4, -0.2) is 23.3 Å². The van der Waals surface area contributed by atoms with Crippen molar-refractivity contribution in [1.29, 1.82) is 0 Å². The number of benzene rings is 1. The van der Waals surface area contributed by atoms with Crippen LogP contribution in [0.3, 0.4) is 0 Å². The van der Waals surface area contributed by atoms with Gasteiger partial charge in [0.1, 0.15) is 5.75 Å². The number of aromatic nitrogens is 2. The molecule has 0 bridgehead atoms. The van der Waals surface area contributed by atoms with E-state index in [1.165, 1.54) is 22.4 Å². The van der Waals surface area contributed by atoms with Crippen LogP contribution in [0.25, 0.3) is 0 Å². The molecule has 4 heteroatoms. The summed E-state index contributed by atoms with van der Waals surface area (Å²) in [6.45, 7) is 6.06. The number of fused-ring (bicyclic) bond motifs is 1. The molecule has 1 aliphatic rings. The Labute approximate surface area is 132 Å². The Morgan fingerprint density at radius 2 is 2.27 bits per heavy atom. The molecule has 118 valence electrons. The summed E-state index contributed by atoms with van der Waals surface area (Å²) < 4.78 is 5.86. The lowest BCUT2D eigenvalue weighted by atomic mass is 10.00. The molecule has 2 aromatic rings. The number of rotatable bonds is 5. The molecule has 2 heterocycles. The van der Waals surface area contributed by atoms with Gasteiger partial charge in [-0.15, -0.1) is 0 Å². The fraction of sp³-hybridized carbons (Fsp3) is 0.500. The highest BCUT2D eigenvalue weighted by Crippen LogP contribution is 2.32. The average molecular weight is 299 g/mol. The van der Waals surface area contributed by atoms with Gasteiger partial charge in [0.05, 0.1) is 12.8 Å². The number of hydrogen-bond acceptors (Lipinski definition) is 3. The number of ether oxygens (including phenoxy) is 1. The van der Waals surface area contributed by atoms with Crippen molar-refractivity contribution in [2.24, 2.45) is 0 Å². The monoisotopic (exact) mass is 299 g/mol. The number of aromatic amines is 1. The van der Waals surface area contributed by atoms with E-state index >= 15 is 0 Å². The van der Waals surface area contributed by atoms with Crippen molar-refractivity contribution in [1.82, 2.24) is 15.5 Å². The Morgan fingerprint density at radius 1 is 1.36 bits per heavy atom. The highest BCUT2D eigenvalue weighted by atomic mass is 16.5. The van der Waals surface area contributed by atoms with Gasteiger partial charge in [-0.25, -0.2) is 0 Å². The number of nitrogens with one attached hydrogen (secondary N) is 2. The fourth-order valence-corrected chi connectivity index (χ4v) is 3.09. The van der Waals surface area contributed by atoms with E-state index < -0.39 is 0 Å². The van der Waals surface area contributed by atoms with Gasteiger partial charge < -0.3 is 10.1 Å². The predicted molar refractivity (Wildman–Crippen MR) is 88.3 cm³/mol. The molecule has 1 atom stereocenters. The van der Waals surface area contributed by atoms with Gasteiger partial charge in [-0.3, -0.25) is 5.10 Å². The van der Waals surface area contributed by atoms with E-state index in [0.717, 1.165) is 44.6 Å². The van der Waals surface area contributed by atoms with Gasteiger partial charge in [-0.05, 0) is 57.7 Å². The fourth-order valence-electron chi connectivity index (χ4n) is 3.09.